The van der Waals surface area contributed by atoms with Crippen LogP contribution < -0.4 is 5.73 Å². The summed E-state index contributed by atoms with van der Waals surface area (Å²) < 4.78 is 26.7. The van der Waals surface area contributed by atoms with Crippen molar-refractivity contribution in [2.75, 3.05) is 5.73 Å². The minimum absolute atomic E-state index is 0.208. The van der Waals surface area contributed by atoms with Gasteiger partial charge in [0, 0.05) is 32.3 Å². The molecule has 2 aromatic carbocycles. The van der Waals surface area contributed by atoms with E-state index in [-0.39, 0.29) is 14.9 Å². The van der Waals surface area contributed by atoms with Crippen LogP contribution in [0.2, 0.25) is 10.0 Å². The van der Waals surface area contributed by atoms with E-state index in [1.54, 1.807) is 12.1 Å². The molecule has 1 unspecified atom stereocenters. The molecule has 2 N–H and O–H groups in total. The van der Waals surface area contributed by atoms with Gasteiger partial charge in [0.25, 0.3) is 0 Å². The van der Waals surface area contributed by atoms with E-state index in [2.05, 4.69) is 16.3 Å². The van der Waals surface area contributed by atoms with E-state index in [0.29, 0.717) is 22.0 Å². The molecule has 1 atom stereocenters. The Hall–Kier alpha value is -2.40. The lowest BCUT2D eigenvalue weighted by molar-refractivity contribution is 0.565. The van der Waals surface area contributed by atoms with Gasteiger partial charge in [-0.1, -0.05) is 35.0 Å². The summed E-state index contributed by atoms with van der Waals surface area (Å²) >= 11 is 13.4. The van der Waals surface area contributed by atoms with Gasteiger partial charge in [0.05, 0.1) is 11.8 Å². The zero-order valence-electron chi connectivity index (χ0n) is 13.5. The van der Waals surface area contributed by atoms with Crippen LogP contribution in [0.25, 0.3) is 0 Å². The van der Waals surface area contributed by atoms with Crippen LogP contribution in [0.5, 0.6) is 0 Å². The fourth-order valence-corrected chi connectivity index (χ4v) is 3.83. The third-order valence-corrected chi connectivity index (χ3v) is 5.19. The van der Waals surface area contributed by atoms with Crippen LogP contribution in [0, 0.1) is 23.0 Å². The number of hydrogen-bond donors (Lipinski definition) is 1. The lowest BCUT2D eigenvalue weighted by atomic mass is 9.96. The summed E-state index contributed by atoms with van der Waals surface area (Å²) in [5, 5.41) is 18.5. The lowest BCUT2D eigenvalue weighted by Gasteiger charge is -2.13. The number of anilines is 1. The van der Waals surface area contributed by atoms with Crippen LogP contribution >= 0.6 is 35.0 Å². The molecule has 3 aromatic rings. The van der Waals surface area contributed by atoms with Gasteiger partial charge in [-0.15, -0.1) is 5.10 Å². The number of nitrogens with two attached hydrogens (primary N) is 1. The highest BCUT2D eigenvalue weighted by Gasteiger charge is 2.22. The molecule has 0 aliphatic rings. The van der Waals surface area contributed by atoms with E-state index in [1.807, 2.05) is 0 Å². The van der Waals surface area contributed by atoms with E-state index >= 15 is 0 Å². The predicted molar refractivity (Wildman–Crippen MR) is 101 cm³/mol. The number of halogens is 4. The fourth-order valence-electron chi connectivity index (χ4n) is 2.37. The number of rotatable bonds is 4. The number of hydrogen-bond acceptors (Lipinski definition) is 5. The molecule has 0 saturated carbocycles. The van der Waals surface area contributed by atoms with E-state index in [0.717, 1.165) is 23.9 Å². The monoisotopic (exact) mass is 422 g/mol. The average Bonchev–Trinajstić information content (AvgIpc) is 2.61. The Balaban J connectivity index is 1.89. The summed E-state index contributed by atoms with van der Waals surface area (Å²) in [5.41, 5.74) is 6.78. The highest BCUT2D eigenvalue weighted by molar-refractivity contribution is 7.99. The van der Waals surface area contributed by atoms with Crippen molar-refractivity contribution in [2.24, 2.45) is 0 Å². The number of nitrogen functional groups attached to an aromatic ring is 1. The highest BCUT2D eigenvalue weighted by Crippen LogP contribution is 2.37. The lowest BCUT2D eigenvalue weighted by Crippen LogP contribution is -2.05. The first-order valence-electron chi connectivity index (χ1n) is 7.49. The minimum Gasteiger partial charge on any atom is -0.399 e. The summed E-state index contributed by atoms with van der Waals surface area (Å²) in [6.45, 7) is 0. The van der Waals surface area contributed by atoms with Crippen molar-refractivity contribution in [3.05, 3.63) is 75.4 Å². The number of nitriles is 1. The van der Waals surface area contributed by atoms with E-state index in [9.17, 15) is 14.0 Å². The highest BCUT2D eigenvalue weighted by atomic mass is 35.5. The molecule has 4 nitrogen and oxygen atoms in total. The smallest absolute Gasteiger partial charge is 0.140 e. The molecule has 0 fully saturated rings. The molecule has 0 amide bonds. The van der Waals surface area contributed by atoms with E-state index in [1.165, 1.54) is 18.2 Å². The van der Waals surface area contributed by atoms with Crippen LogP contribution in [-0.2, 0) is 0 Å². The number of aromatic nitrogens is 2. The molecule has 0 bridgehead atoms. The van der Waals surface area contributed by atoms with Gasteiger partial charge in [-0.05, 0) is 36.4 Å². The van der Waals surface area contributed by atoms with Gasteiger partial charge in [-0.2, -0.15) is 10.4 Å². The van der Waals surface area contributed by atoms with Crippen LogP contribution in [-0.4, -0.2) is 10.2 Å². The standard InChI is InChI=1S/C18H10Cl2F2N4S/c19-12-6-10(24)7-13(20)18(12)11(8-23)15-2-4-17(26-25-15)27-16-3-1-9(21)5-14(16)22/h1-7,11H,24H2. The zero-order valence-corrected chi connectivity index (χ0v) is 15.8. The first kappa shape index (κ1) is 19.4. The van der Waals surface area contributed by atoms with Gasteiger partial charge in [0.2, 0.25) is 0 Å². The Morgan fingerprint density at radius 3 is 2.30 bits per heavy atom. The molecular weight excluding hydrogens is 413 g/mol. The van der Waals surface area contributed by atoms with Crippen molar-refractivity contribution in [3.8, 4) is 6.07 Å². The van der Waals surface area contributed by atoms with Crippen LogP contribution in [0.15, 0.2) is 52.4 Å². The Morgan fingerprint density at radius 2 is 1.74 bits per heavy atom. The summed E-state index contributed by atoms with van der Waals surface area (Å²) in [5.74, 6) is -2.20. The topological polar surface area (TPSA) is 75.6 Å². The minimum atomic E-state index is -0.847. The normalized spacial score (nSPS) is 11.8. The van der Waals surface area contributed by atoms with Crippen molar-refractivity contribution < 1.29 is 8.78 Å². The molecule has 27 heavy (non-hydrogen) atoms. The quantitative estimate of drug-likeness (QED) is 0.565. The Bertz CT molecular complexity index is 1020. The first-order chi connectivity index (χ1) is 12.9. The molecule has 0 aliphatic carbocycles. The van der Waals surface area contributed by atoms with Gasteiger partial charge in [0.15, 0.2) is 0 Å². The van der Waals surface area contributed by atoms with Crippen LogP contribution in [0.4, 0.5) is 14.5 Å². The first-order valence-corrected chi connectivity index (χ1v) is 9.07. The molecule has 0 aliphatic heterocycles. The molecule has 9 heteroatoms. The maximum absolute atomic E-state index is 13.7. The van der Waals surface area contributed by atoms with Gasteiger partial charge < -0.3 is 5.73 Å². The molecule has 3 rings (SSSR count). The summed E-state index contributed by atoms with van der Waals surface area (Å²) in [7, 11) is 0. The van der Waals surface area contributed by atoms with E-state index < -0.39 is 17.6 Å². The molecule has 0 spiro atoms. The second-order valence-electron chi connectivity index (χ2n) is 5.43. The second-order valence-corrected chi connectivity index (χ2v) is 7.31. The van der Waals surface area contributed by atoms with Crippen molar-refractivity contribution in [2.45, 2.75) is 15.8 Å². The Morgan fingerprint density at radius 1 is 1.04 bits per heavy atom. The second kappa shape index (κ2) is 8.09. The summed E-state index contributed by atoms with van der Waals surface area (Å²) in [6, 6.07) is 11.5. The number of nitrogens with zero attached hydrogens (tertiary/aromatic N) is 3. The zero-order chi connectivity index (χ0) is 19.6. The molecule has 0 saturated heterocycles. The van der Waals surface area contributed by atoms with Crippen molar-refractivity contribution in [3.63, 3.8) is 0 Å². The molecule has 0 radical (unpaired) electrons. The summed E-state index contributed by atoms with van der Waals surface area (Å²) in [6.07, 6.45) is 0. The van der Waals surface area contributed by atoms with E-state index in [4.69, 9.17) is 28.9 Å². The SMILES string of the molecule is N#CC(c1ccc(Sc2ccc(F)cc2F)nn1)c1c(Cl)cc(N)cc1Cl. The maximum Gasteiger partial charge on any atom is 0.140 e. The molecular formula is C18H10Cl2F2N4S. The van der Waals surface area contributed by atoms with Crippen molar-refractivity contribution in [1.82, 2.24) is 10.2 Å². The summed E-state index contributed by atoms with van der Waals surface area (Å²) in [4.78, 5) is 0.208. The van der Waals surface area contributed by atoms with Gasteiger partial charge in [-0.25, -0.2) is 8.78 Å². The van der Waals surface area contributed by atoms with Crippen molar-refractivity contribution in [1.29, 1.82) is 5.26 Å². The molecule has 1 aromatic heterocycles. The average molecular weight is 423 g/mol. The number of benzene rings is 2. The largest absolute Gasteiger partial charge is 0.399 e. The molecule has 136 valence electrons. The Labute approximate surface area is 167 Å². The third-order valence-electron chi connectivity index (χ3n) is 3.58. The maximum atomic E-state index is 13.7. The Kier molecular flexibility index (Phi) is 5.80. The predicted octanol–water partition coefficient (Wildman–Crippen LogP) is 5.45. The third kappa shape index (κ3) is 4.30. The van der Waals surface area contributed by atoms with Crippen LogP contribution in [0.3, 0.4) is 0 Å². The van der Waals surface area contributed by atoms with Gasteiger partial charge in [-0.3, -0.25) is 0 Å². The molecule has 1 heterocycles. The van der Waals surface area contributed by atoms with Gasteiger partial charge >= 0.3 is 0 Å². The fraction of sp³-hybridized carbons (Fsp3) is 0.0556. The van der Waals surface area contributed by atoms with Gasteiger partial charge in [0.1, 0.15) is 22.6 Å². The van der Waals surface area contributed by atoms with Crippen LogP contribution in [0.1, 0.15) is 17.2 Å². The van der Waals surface area contributed by atoms with Crippen molar-refractivity contribution >= 4 is 40.7 Å².